The number of aromatic nitrogens is 1. The molecule has 1 aromatic heterocycles. The number of carbonyl (C=O) groups excluding carboxylic acids is 1. The standard InChI is InChI=1S/C25H32N4O4S2.ClH/c1-27(2)16-17-29(25-26-22-18-20(33-3)10-13-23(22)34-25)24(30)19-8-11-21(12-9-19)35(31,32)28-14-6-4-5-7-15-28;/h8-13,18H,4-7,14-17H2,1-3H3;1H. The van der Waals surface area contributed by atoms with Crippen molar-refractivity contribution in [3.05, 3.63) is 48.0 Å². The van der Waals surface area contributed by atoms with Crippen LogP contribution in [0.4, 0.5) is 5.13 Å². The number of halogens is 1. The molecule has 8 nitrogen and oxygen atoms in total. The van der Waals surface area contributed by atoms with Gasteiger partial charge in [0.1, 0.15) is 5.75 Å². The van der Waals surface area contributed by atoms with Crippen molar-refractivity contribution in [1.82, 2.24) is 14.2 Å². The Bertz CT molecular complexity index is 1270. The highest BCUT2D eigenvalue weighted by molar-refractivity contribution is 7.89. The Morgan fingerprint density at radius 2 is 1.69 bits per heavy atom. The van der Waals surface area contributed by atoms with Crippen molar-refractivity contribution < 1.29 is 17.9 Å². The van der Waals surface area contributed by atoms with Gasteiger partial charge in [-0.05, 0) is 63.3 Å². The van der Waals surface area contributed by atoms with E-state index in [2.05, 4.69) is 0 Å². The molecule has 36 heavy (non-hydrogen) atoms. The molecule has 2 aromatic carbocycles. The summed E-state index contributed by atoms with van der Waals surface area (Å²) in [7, 11) is 1.95. The zero-order chi connectivity index (χ0) is 25.0. The minimum atomic E-state index is -3.57. The summed E-state index contributed by atoms with van der Waals surface area (Å²) in [4.78, 5) is 22.1. The lowest BCUT2D eigenvalue weighted by atomic mass is 10.2. The third kappa shape index (κ3) is 6.36. The molecule has 0 unspecified atom stereocenters. The van der Waals surface area contributed by atoms with Crippen LogP contribution in [0.25, 0.3) is 10.2 Å². The van der Waals surface area contributed by atoms with E-state index in [0.29, 0.717) is 42.6 Å². The highest BCUT2D eigenvalue weighted by Crippen LogP contribution is 2.32. The topological polar surface area (TPSA) is 83.0 Å². The smallest absolute Gasteiger partial charge is 0.260 e. The SMILES string of the molecule is COc1ccc2sc(N(CCN(C)C)C(=O)c3ccc(S(=O)(=O)N4CCCCCC4)cc3)nc2c1.Cl. The Labute approximate surface area is 223 Å². The maximum atomic E-state index is 13.6. The molecule has 196 valence electrons. The fourth-order valence-corrected chi connectivity index (χ4v) is 6.57. The minimum Gasteiger partial charge on any atom is -0.497 e. The van der Waals surface area contributed by atoms with E-state index in [-0.39, 0.29) is 23.2 Å². The molecule has 1 aliphatic rings. The van der Waals surface area contributed by atoms with Crippen molar-refractivity contribution >= 4 is 55.0 Å². The molecule has 0 aliphatic carbocycles. The van der Waals surface area contributed by atoms with Gasteiger partial charge in [0.25, 0.3) is 5.91 Å². The second kappa shape index (κ2) is 12.3. The second-order valence-corrected chi connectivity index (χ2v) is 11.9. The molecule has 1 aliphatic heterocycles. The van der Waals surface area contributed by atoms with E-state index >= 15 is 0 Å². The number of amides is 1. The van der Waals surface area contributed by atoms with Crippen LogP contribution >= 0.6 is 23.7 Å². The molecule has 11 heteroatoms. The lowest BCUT2D eigenvalue weighted by molar-refractivity contribution is 0.0985. The number of nitrogens with zero attached hydrogens (tertiary/aromatic N) is 4. The number of hydrogen-bond donors (Lipinski definition) is 0. The lowest BCUT2D eigenvalue weighted by Gasteiger charge is -2.22. The van der Waals surface area contributed by atoms with Crippen molar-refractivity contribution in [2.75, 3.05) is 52.3 Å². The first-order valence-electron chi connectivity index (χ1n) is 11.8. The monoisotopic (exact) mass is 552 g/mol. The molecule has 2 heterocycles. The fourth-order valence-electron chi connectivity index (χ4n) is 4.08. The molecular formula is C25H33ClN4O4S2. The minimum absolute atomic E-state index is 0. The zero-order valence-electron chi connectivity index (χ0n) is 20.8. The maximum Gasteiger partial charge on any atom is 0.260 e. The fraction of sp³-hybridized carbons (Fsp3) is 0.440. The predicted octanol–water partition coefficient (Wildman–Crippen LogP) is 4.50. The van der Waals surface area contributed by atoms with E-state index in [0.717, 1.165) is 35.9 Å². The van der Waals surface area contributed by atoms with Gasteiger partial charge >= 0.3 is 0 Å². The van der Waals surface area contributed by atoms with E-state index in [1.165, 1.54) is 11.3 Å². The summed E-state index contributed by atoms with van der Waals surface area (Å²) in [5.74, 6) is 0.498. The van der Waals surface area contributed by atoms with E-state index < -0.39 is 10.0 Å². The van der Waals surface area contributed by atoms with Gasteiger partial charge < -0.3 is 9.64 Å². The van der Waals surface area contributed by atoms with E-state index in [4.69, 9.17) is 9.72 Å². The number of thiazole rings is 1. The summed E-state index contributed by atoms with van der Waals surface area (Å²) in [5.41, 5.74) is 1.20. The number of methoxy groups -OCH3 is 1. The van der Waals surface area contributed by atoms with Crippen LogP contribution in [-0.4, -0.2) is 75.9 Å². The summed E-state index contributed by atoms with van der Waals surface area (Å²) in [5, 5.41) is 0.598. The molecule has 3 aromatic rings. The van der Waals surface area contributed by atoms with Crippen molar-refractivity contribution in [3.63, 3.8) is 0 Å². The normalized spacial score (nSPS) is 14.9. The van der Waals surface area contributed by atoms with Gasteiger partial charge in [-0.15, -0.1) is 12.4 Å². The van der Waals surface area contributed by atoms with Crippen LogP contribution < -0.4 is 9.64 Å². The largest absolute Gasteiger partial charge is 0.497 e. The van der Waals surface area contributed by atoms with Gasteiger partial charge in [-0.3, -0.25) is 9.69 Å². The summed E-state index contributed by atoms with van der Waals surface area (Å²) < 4.78 is 34.1. The van der Waals surface area contributed by atoms with E-state index in [1.54, 1.807) is 40.6 Å². The van der Waals surface area contributed by atoms with Crippen molar-refractivity contribution in [3.8, 4) is 5.75 Å². The summed E-state index contributed by atoms with van der Waals surface area (Å²) in [6.07, 6.45) is 3.87. The van der Waals surface area contributed by atoms with Crippen LogP contribution in [0.1, 0.15) is 36.0 Å². The molecule has 1 amide bonds. The van der Waals surface area contributed by atoms with Crippen LogP contribution in [0.2, 0.25) is 0 Å². The summed E-state index contributed by atoms with van der Waals surface area (Å²) >= 11 is 1.44. The lowest BCUT2D eigenvalue weighted by Crippen LogP contribution is -2.36. The second-order valence-electron chi connectivity index (χ2n) is 8.93. The number of fused-ring (bicyclic) bond motifs is 1. The van der Waals surface area contributed by atoms with Gasteiger partial charge in [0, 0.05) is 37.8 Å². The summed E-state index contributed by atoms with van der Waals surface area (Å²) in [6, 6.07) is 12.0. The molecule has 0 atom stereocenters. The number of anilines is 1. The van der Waals surface area contributed by atoms with Gasteiger partial charge in [0.2, 0.25) is 10.0 Å². The molecule has 0 saturated carbocycles. The Morgan fingerprint density at radius 1 is 1.03 bits per heavy atom. The molecular weight excluding hydrogens is 520 g/mol. The van der Waals surface area contributed by atoms with Crippen molar-refractivity contribution in [2.45, 2.75) is 30.6 Å². The molecule has 1 fully saturated rings. The van der Waals surface area contributed by atoms with Crippen LogP contribution in [0.15, 0.2) is 47.4 Å². The van der Waals surface area contributed by atoms with Crippen LogP contribution in [0.5, 0.6) is 5.75 Å². The van der Waals surface area contributed by atoms with E-state index in [1.807, 2.05) is 37.2 Å². The first-order valence-corrected chi connectivity index (χ1v) is 14.1. The first kappa shape index (κ1) is 28.3. The number of hydrogen-bond acceptors (Lipinski definition) is 7. The predicted molar refractivity (Wildman–Crippen MR) is 147 cm³/mol. The molecule has 4 rings (SSSR count). The molecule has 1 saturated heterocycles. The zero-order valence-corrected chi connectivity index (χ0v) is 23.3. The quantitative estimate of drug-likeness (QED) is 0.409. The Hall–Kier alpha value is -2.24. The highest BCUT2D eigenvalue weighted by atomic mass is 35.5. The highest BCUT2D eigenvalue weighted by Gasteiger charge is 2.26. The van der Waals surface area contributed by atoms with Gasteiger partial charge in [-0.2, -0.15) is 4.31 Å². The van der Waals surface area contributed by atoms with Crippen molar-refractivity contribution in [1.29, 1.82) is 0 Å². The van der Waals surface area contributed by atoms with Crippen LogP contribution in [0.3, 0.4) is 0 Å². The van der Waals surface area contributed by atoms with Crippen LogP contribution in [0, 0.1) is 0 Å². The number of carbonyl (C=O) groups is 1. The van der Waals surface area contributed by atoms with Gasteiger partial charge in [-0.1, -0.05) is 24.2 Å². The Morgan fingerprint density at radius 3 is 2.31 bits per heavy atom. The van der Waals surface area contributed by atoms with Gasteiger partial charge in [0.05, 0.1) is 22.2 Å². The first-order chi connectivity index (χ1) is 16.8. The molecule has 0 bridgehead atoms. The average Bonchev–Trinajstić information content (AvgIpc) is 3.06. The number of benzene rings is 2. The third-order valence-corrected chi connectivity index (χ3v) is 9.11. The van der Waals surface area contributed by atoms with Crippen molar-refractivity contribution in [2.24, 2.45) is 0 Å². The van der Waals surface area contributed by atoms with Gasteiger partial charge in [0.15, 0.2) is 5.13 Å². The third-order valence-electron chi connectivity index (χ3n) is 6.13. The number of rotatable bonds is 8. The average molecular weight is 553 g/mol. The Kier molecular flexibility index (Phi) is 9.71. The van der Waals surface area contributed by atoms with Gasteiger partial charge in [-0.25, -0.2) is 13.4 Å². The molecule has 0 radical (unpaired) electrons. The summed E-state index contributed by atoms with van der Waals surface area (Å²) in [6.45, 7) is 2.20. The van der Waals surface area contributed by atoms with Crippen LogP contribution in [-0.2, 0) is 10.0 Å². The number of sulfonamides is 1. The number of likely N-dealkylation sites (N-methyl/N-ethyl adjacent to an activating group) is 1. The number of ether oxygens (including phenoxy) is 1. The Balaban J connectivity index is 0.00000361. The maximum absolute atomic E-state index is 13.6. The molecule has 0 N–H and O–H groups in total. The molecule has 0 spiro atoms. The van der Waals surface area contributed by atoms with E-state index in [9.17, 15) is 13.2 Å².